The Hall–Kier alpha value is -2.48. The third-order valence-electron chi connectivity index (χ3n) is 3.25. The molecule has 3 N–H and O–H groups in total. The first-order valence-electron chi connectivity index (χ1n) is 7.27. The van der Waals surface area contributed by atoms with Crippen LogP contribution in [-0.2, 0) is 21.2 Å². The fourth-order valence-electron chi connectivity index (χ4n) is 2.05. The molecule has 2 aromatic carbocycles. The molecule has 2 aromatic rings. The van der Waals surface area contributed by atoms with E-state index in [1.54, 1.807) is 12.1 Å². The zero-order valence-corrected chi connectivity index (χ0v) is 13.7. The largest absolute Gasteiger partial charge is 0.288 e. The Morgan fingerprint density at radius 1 is 1.08 bits per heavy atom. The Kier molecular flexibility index (Phi) is 6.25. The summed E-state index contributed by atoms with van der Waals surface area (Å²) >= 11 is 0. The van der Waals surface area contributed by atoms with Crippen LogP contribution in [0.4, 0.5) is 0 Å². The fourth-order valence-corrected chi connectivity index (χ4v) is 3.14. The first kappa shape index (κ1) is 17.9. The normalized spacial score (nSPS) is 11.5. The molecule has 6 nitrogen and oxygen atoms in total. The molecule has 0 spiro atoms. The topological polar surface area (TPSA) is 95.5 Å². The summed E-state index contributed by atoms with van der Waals surface area (Å²) in [5.41, 5.74) is 3.05. The Morgan fingerprint density at radius 3 is 2.54 bits per heavy atom. The molecule has 0 atom stereocenters. The highest BCUT2D eigenvalue weighted by molar-refractivity contribution is 7.89. The van der Waals surface area contributed by atoms with Crippen LogP contribution in [0, 0.1) is 0 Å². The Bertz CT molecular complexity index is 817. The van der Waals surface area contributed by atoms with Crippen molar-refractivity contribution >= 4 is 22.0 Å². The van der Waals surface area contributed by atoms with Gasteiger partial charge in [0.1, 0.15) is 0 Å². The van der Waals surface area contributed by atoms with Gasteiger partial charge in [-0.2, -0.15) is 0 Å². The summed E-state index contributed by atoms with van der Waals surface area (Å²) in [6.45, 7) is 0.291. The highest BCUT2D eigenvalue weighted by atomic mass is 32.2. The Morgan fingerprint density at radius 2 is 1.83 bits per heavy atom. The number of sulfonamides is 1. The molecule has 0 aromatic heterocycles. The summed E-state index contributed by atoms with van der Waals surface area (Å²) in [6.07, 6.45) is 3.11. The van der Waals surface area contributed by atoms with Gasteiger partial charge in [-0.3, -0.25) is 10.0 Å². The lowest BCUT2D eigenvalue weighted by Crippen LogP contribution is -2.26. The molecular weight excluding hydrogens is 328 g/mol. The molecule has 2 rings (SSSR count). The second kappa shape index (κ2) is 8.39. The van der Waals surface area contributed by atoms with Crippen LogP contribution >= 0.6 is 0 Å². The van der Waals surface area contributed by atoms with Crippen molar-refractivity contribution in [2.45, 2.75) is 11.3 Å². The van der Waals surface area contributed by atoms with E-state index < -0.39 is 15.9 Å². The third kappa shape index (κ3) is 5.31. The summed E-state index contributed by atoms with van der Waals surface area (Å²) in [7, 11) is -3.63. The van der Waals surface area contributed by atoms with Crippen LogP contribution < -0.4 is 10.2 Å². The van der Waals surface area contributed by atoms with Crippen molar-refractivity contribution in [2.24, 2.45) is 0 Å². The van der Waals surface area contributed by atoms with Gasteiger partial charge in [0.05, 0.1) is 4.90 Å². The maximum atomic E-state index is 12.3. The first-order valence-corrected chi connectivity index (χ1v) is 8.75. The van der Waals surface area contributed by atoms with Gasteiger partial charge in [0.2, 0.25) is 10.0 Å². The monoisotopic (exact) mass is 346 g/mol. The molecular formula is C17H18N2O4S. The summed E-state index contributed by atoms with van der Waals surface area (Å²) in [6, 6.07) is 15.8. The van der Waals surface area contributed by atoms with Crippen molar-refractivity contribution < 1.29 is 18.4 Å². The van der Waals surface area contributed by atoms with Gasteiger partial charge >= 0.3 is 0 Å². The summed E-state index contributed by atoms with van der Waals surface area (Å²) in [5, 5.41) is 8.43. The van der Waals surface area contributed by atoms with Crippen LogP contribution in [0.25, 0.3) is 6.08 Å². The van der Waals surface area contributed by atoms with Gasteiger partial charge in [0.25, 0.3) is 5.91 Å². The van der Waals surface area contributed by atoms with E-state index in [9.17, 15) is 13.2 Å². The van der Waals surface area contributed by atoms with E-state index in [0.29, 0.717) is 18.5 Å². The summed E-state index contributed by atoms with van der Waals surface area (Å²) < 4.78 is 27.2. The number of benzene rings is 2. The lowest BCUT2D eigenvalue weighted by atomic mass is 10.2. The Labute approximate surface area is 140 Å². The van der Waals surface area contributed by atoms with Gasteiger partial charge in [-0.1, -0.05) is 42.5 Å². The highest BCUT2D eigenvalue weighted by Gasteiger charge is 2.13. The molecule has 0 aliphatic rings. The van der Waals surface area contributed by atoms with Crippen LogP contribution in [0.5, 0.6) is 0 Å². The van der Waals surface area contributed by atoms with Gasteiger partial charge in [-0.05, 0) is 35.8 Å². The fraction of sp³-hybridized carbons (Fsp3) is 0.118. The average molecular weight is 346 g/mol. The first-order chi connectivity index (χ1) is 11.5. The molecule has 0 saturated heterocycles. The van der Waals surface area contributed by atoms with Crippen molar-refractivity contribution in [2.75, 3.05) is 6.54 Å². The van der Waals surface area contributed by atoms with Crippen molar-refractivity contribution in [3.8, 4) is 0 Å². The molecule has 1 amide bonds. The number of rotatable bonds is 7. The number of hydrogen-bond donors (Lipinski definition) is 3. The van der Waals surface area contributed by atoms with Crippen LogP contribution in [0.2, 0.25) is 0 Å². The molecule has 0 radical (unpaired) electrons. The predicted octanol–water partition coefficient (Wildman–Crippen LogP) is 1.73. The third-order valence-corrected chi connectivity index (χ3v) is 4.71. The zero-order chi connectivity index (χ0) is 17.4. The number of hydrogen-bond acceptors (Lipinski definition) is 4. The quantitative estimate of drug-likeness (QED) is 0.404. The molecule has 0 fully saturated rings. The minimum Gasteiger partial charge on any atom is -0.288 e. The van der Waals surface area contributed by atoms with Gasteiger partial charge in [0, 0.05) is 12.6 Å². The Balaban J connectivity index is 2.03. The van der Waals surface area contributed by atoms with Gasteiger partial charge in [-0.25, -0.2) is 18.6 Å². The average Bonchev–Trinajstić information content (AvgIpc) is 2.60. The molecule has 126 valence electrons. The van der Waals surface area contributed by atoms with E-state index in [-0.39, 0.29) is 4.90 Å². The summed E-state index contributed by atoms with van der Waals surface area (Å²) in [5.74, 6) is -0.691. The van der Waals surface area contributed by atoms with Crippen LogP contribution in [0.15, 0.2) is 65.6 Å². The van der Waals surface area contributed by atoms with E-state index in [4.69, 9.17) is 5.21 Å². The minimum atomic E-state index is -3.63. The lowest BCUT2D eigenvalue weighted by molar-refractivity contribution is -0.124. The SMILES string of the molecule is O=C(C=Cc1cccc(S(=O)(=O)NCCc2ccccc2)c1)NO. The number of amides is 1. The van der Waals surface area contributed by atoms with E-state index in [1.165, 1.54) is 23.7 Å². The van der Waals surface area contributed by atoms with Crippen LogP contribution in [0.3, 0.4) is 0 Å². The maximum Gasteiger partial charge on any atom is 0.267 e. The zero-order valence-electron chi connectivity index (χ0n) is 12.8. The lowest BCUT2D eigenvalue weighted by Gasteiger charge is -2.07. The van der Waals surface area contributed by atoms with E-state index in [1.807, 2.05) is 30.3 Å². The number of carbonyl (C=O) groups excluding carboxylic acids is 1. The van der Waals surface area contributed by atoms with Crippen LogP contribution in [-0.4, -0.2) is 26.1 Å². The second-order valence-corrected chi connectivity index (χ2v) is 6.78. The molecule has 0 bridgehead atoms. The van der Waals surface area contributed by atoms with Crippen molar-refractivity contribution in [3.63, 3.8) is 0 Å². The molecule has 7 heteroatoms. The highest BCUT2D eigenvalue weighted by Crippen LogP contribution is 2.13. The number of carbonyl (C=O) groups is 1. The van der Waals surface area contributed by atoms with Gasteiger partial charge in [0.15, 0.2) is 0 Å². The second-order valence-electron chi connectivity index (χ2n) is 5.02. The predicted molar refractivity (Wildman–Crippen MR) is 90.7 cm³/mol. The summed E-state index contributed by atoms with van der Waals surface area (Å²) in [4.78, 5) is 11.1. The van der Waals surface area contributed by atoms with E-state index in [0.717, 1.165) is 11.6 Å². The van der Waals surface area contributed by atoms with E-state index in [2.05, 4.69) is 4.72 Å². The molecule has 0 aliphatic heterocycles. The van der Waals surface area contributed by atoms with Gasteiger partial charge < -0.3 is 0 Å². The van der Waals surface area contributed by atoms with Crippen molar-refractivity contribution in [1.82, 2.24) is 10.2 Å². The van der Waals surface area contributed by atoms with E-state index >= 15 is 0 Å². The maximum absolute atomic E-state index is 12.3. The van der Waals surface area contributed by atoms with Crippen LogP contribution in [0.1, 0.15) is 11.1 Å². The number of hydroxylamine groups is 1. The standard InChI is InChI=1S/C17H18N2O4S/c20-17(19-21)10-9-15-7-4-8-16(13-15)24(22,23)18-12-11-14-5-2-1-3-6-14/h1-10,13,18,21H,11-12H2,(H,19,20). The smallest absolute Gasteiger partial charge is 0.267 e. The van der Waals surface area contributed by atoms with Gasteiger partial charge in [-0.15, -0.1) is 0 Å². The minimum absolute atomic E-state index is 0.113. The molecule has 24 heavy (non-hydrogen) atoms. The van der Waals surface area contributed by atoms with Crippen molar-refractivity contribution in [1.29, 1.82) is 0 Å². The number of nitrogens with one attached hydrogen (secondary N) is 2. The molecule has 0 aliphatic carbocycles. The molecule has 0 heterocycles. The molecule has 0 saturated carbocycles. The molecule has 0 unspecified atom stereocenters. The van der Waals surface area contributed by atoms with Crippen molar-refractivity contribution in [3.05, 3.63) is 71.8 Å².